The minimum Gasteiger partial charge on any atom is -0.480 e. The lowest BCUT2D eigenvalue weighted by molar-refractivity contribution is -0.138. The number of hydrogen-bond acceptors (Lipinski definition) is 2. The van der Waals surface area contributed by atoms with E-state index in [1.807, 2.05) is 18.9 Å². The van der Waals surface area contributed by atoms with Gasteiger partial charge in [0.2, 0.25) is 0 Å². The quantitative estimate of drug-likeness (QED) is 0.702. The molecule has 3 nitrogen and oxygen atoms in total. The van der Waals surface area contributed by atoms with Crippen LogP contribution in [0.15, 0.2) is 0 Å². The molecule has 0 aliphatic carbocycles. The maximum atomic E-state index is 10.4. The summed E-state index contributed by atoms with van der Waals surface area (Å²) in [7, 11) is 1.84. The second-order valence-electron chi connectivity index (χ2n) is 4.35. The molecule has 0 aromatic carbocycles. The molecule has 0 bridgehead atoms. The molecule has 0 heterocycles. The summed E-state index contributed by atoms with van der Waals surface area (Å²) in [4.78, 5) is 12.2. The molecule has 72 valence electrons. The van der Waals surface area contributed by atoms with Crippen molar-refractivity contribution >= 4 is 5.97 Å². The molecular weight excluding hydrogens is 154 g/mol. The number of likely N-dealkylation sites (N-methyl/N-ethyl adjacent to an activating group) is 1. The molecular formula is C9H19NO2. The first-order valence-corrected chi connectivity index (χ1v) is 4.17. The fourth-order valence-corrected chi connectivity index (χ4v) is 1.01. The fraction of sp³-hybridized carbons (Fsp3) is 0.889. The van der Waals surface area contributed by atoms with E-state index in [-0.39, 0.29) is 18.0 Å². The van der Waals surface area contributed by atoms with Crippen LogP contribution in [0.1, 0.15) is 27.7 Å². The SMILES string of the molecule is CC(N(C)CC(=O)O)C(C)(C)C. The minimum absolute atomic E-state index is 0.110. The Kier molecular flexibility index (Phi) is 3.71. The third-order valence-electron chi connectivity index (χ3n) is 2.30. The lowest BCUT2D eigenvalue weighted by Crippen LogP contribution is -2.41. The van der Waals surface area contributed by atoms with E-state index in [0.29, 0.717) is 0 Å². The van der Waals surface area contributed by atoms with Crippen molar-refractivity contribution in [1.29, 1.82) is 0 Å². The largest absolute Gasteiger partial charge is 0.480 e. The minimum atomic E-state index is -0.770. The van der Waals surface area contributed by atoms with Crippen LogP contribution < -0.4 is 0 Å². The first-order chi connectivity index (χ1) is 5.25. The second-order valence-corrected chi connectivity index (χ2v) is 4.35. The maximum Gasteiger partial charge on any atom is 0.317 e. The van der Waals surface area contributed by atoms with Crippen LogP contribution in [0.25, 0.3) is 0 Å². The molecule has 0 aliphatic rings. The maximum absolute atomic E-state index is 10.4. The molecule has 1 unspecified atom stereocenters. The summed E-state index contributed by atoms with van der Waals surface area (Å²) in [6, 6.07) is 0.272. The first kappa shape index (κ1) is 11.4. The molecule has 0 fully saturated rings. The molecule has 0 aromatic heterocycles. The summed E-state index contributed by atoms with van der Waals surface area (Å²) < 4.78 is 0. The number of rotatable bonds is 3. The van der Waals surface area contributed by atoms with E-state index in [2.05, 4.69) is 20.8 Å². The Labute approximate surface area is 74.4 Å². The smallest absolute Gasteiger partial charge is 0.317 e. The zero-order chi connectivity index (χ0) is 9.94. The van der Waals surface area contributed by atoms with Gasteiger partial charge in [-0.2, -0.15) is 0 Å². The summed E-state index contributed by atoms with van der Waals surface area (Å²) in [6.45, 7) is 8.48. The van der Waals surface area contributed by atoms with Gasteiger partial charge in [-0.25, -0.2) is 0 Å². The van der Waals surface area contributed by atoms with E-state index in [1.54, 1.807) is 0 Å². The van der Waals surface area contributed by atoms with Gasteiger partial charge in [-0.1, -0.05) is 20.8 Å². The van der Waals surface area contributed by atoms with Crippen molar-refractivity contribution in [2.45, 2.75) is 33.7 Å². The lowest BCUT2D eigenvalue weighted by Gasteiger charge is -2.34. The van der Waals surface area contributed by atoms with Crippen LogP contribution in [-0.2, 0) is 4.79 Å². The second kappa shape index (κ2) is 3.90. The molecule has 0 amide bonds. The van der Waals surface area contributed by atoms with E-state index in [9.17, 15) is 4.79 Å². The highest BCUT2D eigenvalue weighted by atomic mass is 16.4. The predicted octanol–water partition coefficient (Wildman–Crippen LogP) is 1.44. The van der Waals surface area contributed by atoms with Crippen LogP contribution in [0.2, 0.25) is 0 Å². The molecule has 0 aliphatic heterocycles. The topological polar surface area (TPSA) is 40.5 Å². The number of carboxylic acids is 1. The molecule has 1 atom stereocenters. The Hall–Kier alpha value is -0.570. The van der Waals surface area contributed by atoms with Gasteiger partial charge < -0.3 is 5.11 Å². The first-order valence-electron chi connectivity index (χ1n) is 4.17. The van der Waals surface area contributed by atoms with E-state index in [4.69, 9.17) is 5.11 Å². The van der Waals surface area contributed by atoms with Crippen molar-refractivity contribution in [3.8, 4) is 0 Å². The summed E-state index contributed by atoms with van der Waals surface area (Å²) in [5.41, 5.74) is 0.129. The van der Waals surface area contributed by atoms with Gasteiger partial charge in [-0.3, -0.25) is 9.69 Å². The highest BCUT2D eigenvalue weighted by Crippen LogP contribution is 2.22. The van der Waals surface area contributed by atoms with Crippen LogP contribution in [0.5, 0.6) is 0 Å². The average molecular weight is 173 g/mol. The van der Waals surface area contributed by atoms with Gasteiger partial charge >= 0.3 is 5.97 Å². The molecule has 0 saturated heterocycles. The zero-order valence-electron chi connectivity index (χ0n) is 8.59. The van der Waals surface area contributed by atoms with Crippen LogP contribution in [0, 0.1) is 5.41 Å². The van der Waals surface area contributed by atoms with Gasteiger partial charge in [-0.15, -0.1) is 0 Å². The normalized spacial score (nSPS) is 14.8. The van der Waals surface area contributed by atoms with Crippen LogP contribution in [0.4, 0.5) is 0 Å². The zero-order valence-corrected chi connectivity index (χ0v) is 8.59. The highest BCUT2D eigenvalue weighted by Gasteiger charge is 2.24. The third-order valence-corrected chi connectivity index (χ3v) is 2.30. The van der Waals surface area contributed by atoms with Crippen molar-refractivity contribution in [1.82, 2.24) is 4.90 Å². The van der Waals surface area contributed by atoms with Crippen LogP contribution in [0.3, 0.4) is 0 Å². The highest BCUT2D eigenvalue weighted by molar-refractivity contribution is 5.69. The van der Waals surface area contributed by atoms with Gasteiger partial charge in [0, 0.05) is 6.04 Å². The van der Waals surface area contributed by atoms with Crippen LogP contribution >= 0.6 is 0 Å². The van der Waals surface area contributed by atoms with E-state index in [0.717, 1.165) is 0 Å². The molecule has 0 aromatic rings. The molecule has 1 N–H and O–H groups in total. The predicted molar refractivity (Wildman–Crippen MR) is 49.2 cm³/mol. The van der Waals surface area contributed by atoms with Crippen molar-refractivity contribution in [2.24, 2.45) is 5.41 Å². The number of nitrogens with zero attached hydrogens (tertiary/aromatic N) is 1. The molecule has 12 heavy (non-hydrogen) atoms. The molecule has 0 radical (unpaired) electrons. The van der Waals surface area contributed by atoms with Gasteiger partial charge in [-0.05, 0) is 19.4 Å². The lowest BCUT2D eigenvalue weighted by atomic mass is 9.87. The Balaban J connectivity index is 4.10. The third kappa shape index (κ3) is 3.72. The molecule has 0 rings (SSSR count). The fourth-order valence-electron chi connectivity index (χ4n) is 1.01. The Morgan fingerprint density at radius 1 is 1.50 bits per heavy atom. The summed E-state index contributed by atoms with van der Waals surface area (Å²) in [5, 5.41) is 8.56. The standard InChI is InChI=1S/C9H19NO2/c1-7(9(2,3)4)10(5)6-8(11)12/h7H,6H2,1-5H3,(H,11,12). The molecule has 0 spiro atoms. The molecule has 3 heteroatoms. The summed E-state index contributed by atoms with van der Waals surface area (Å²) >= 11 is 0. The van der Waals surface area contributed by atoms with Gasteiger partial charge in [0.15, 0.2) is 0 Å². The number of carbonyl (C=O) groups is 1. The number of carboxylic acid groups (broad SMARTS) is 1. The van der Waals surface area contributed by atoms with Gasteiger partial charge in [0.05, 0.1) is 6.54 Å². The van der Waals surface area contributed by atoms with Gasteiger partial charge in [0.25, 0.3) is 0 Å². The van der Waals surface area contributed by atoms with E-state index in [1.165, 1.54) is 0 Å². The van der Waals surface area contributed by atoms with Crippen molar-refractivity contribution in [3.63, 3.8) is 0 Å². The van der Waals surface area contributed by atoms with Crippen molar-refractivity contribution in [3.05, 3.63) is 0 Å². The molecule has 0 saturated carbocycles. The number of hydrogen-bond donors (Lipinski definition) is 1. The Morgan fingerprint density at radius 2 is 1.92 bits per heavy atom. The number of aliphatic carboxylic acids is 1. The average Bonchev–Trinajstić information content (AvgIpc) is 1.82. The summed E-state index contributed by atoms with van der Waals surface area (Å²) in [5.74, 6) is -0.770. The van der Waals surface area contributed by atoms with Crippen LogP contribution in [-0.4, -0.2) is 35.6 Å². The summed E-state index contributed by atoms with van der Waals surface area (Å²) in [6.07, 6.45) is 0. The Bertz CT molecular complexity index is 160. The Morgan fingerprint density at radius 3 is 2.17 bits per heavy atom. The van der Waals surface area contributed by atoms with E-state index >= 15 is 0 Å². The van der Waals surface area contributed by atoms with Crippen molar-refractivity contribution < 1.29 is 9.90 Å². The van der Waals surface area contributed by atoms with E-state index < -0.39 is 5.97 Å². The monoisotopic (exact) mass is 173 g/mol. The van der Waals surface area contributed by atoms with Gasteiger partial charge in [0.1, 0.15) is 0 Å². The van der Waals surface area contributed by atoms with Crippen molar-refractivity contribution in [2.75, 3.05) is 13.6 Å².